The standard InChI is InChI=1S/C12H21NO2S/c14-16(15,7-10-5-13-6-10)8-12-4-9-1-2-11(12)3-9/h9-13H,1-8H2. The highest BCUT2D eigenvalue weighted by Gasteiger charge is 2.41. The zero-order chi connectivity index (χ0) is 11.2. The highest BCUT2D eigenvalue weighted by Crippen LogP contribution is 2.48. The molecule has 3 unspecified atom stereocenters. The Hall–Kier alpha value is -0.0900. The fraction of sp³-hybridized carbons (Fsp3) is 1.00. The number of hydrogen-bond acceptors (Lipinski definition) is 3. The predicted molar refractivity (Wildman–Crippen MR) is 64.0 cm³/mol. The molecule has 1 aliphatic heterocycles. The fourth-order valence-electron chi connectivity index (χ4n) is 3.80. The first-order valence-electron chi connectivity index (χ1n) is 6.53. The summed E-state index contributed by atoms with van der Waals surface area (Å²) in [5, 5.41) is 3.14. The Morgan fingerprint density at radius 3 is 2.38 bits per heavy atom. The topological polar surface area (TPSA) is 46.2 Å². The highest BCUT2D eigenvalue weighted by atomic mass is 32.2. The van der Waals surface area contributed by atoms with Crippen molar-refractivity contribution in [3.63, 3.8) is 0 Å². The number of sulfone groups is 1. The van der Waals surface area contributed by atoms with Crippen molar-refractivity contribution < 1.29 is 8.42 Å². The summed E-state index contributed by atoms with van der Waals surface area (Å²) in [6, 6.07) is 0. The first kappa shape index (κ1) is 11.0. The number of fused-ring (bicyclic) bond motifs is 2. The maximum Gasteiger partial charge on any atom is 0.150 e. The fourth-order valence-corrected chi connectivity index (χ4v) is 5.95. The van der Waals surface area contributed by atoms with E-state index in [-0.39, 0.29) is 0 Å². The van der Waals surface area contributed by atoms with E-state index in [2.05, 4.69) is 5.32 Å². The summed E-state index contributed by atoms with van der Waals surface area (Å²) >= 11 is 0. The molecule has 92 valence electrons. The summed E-state index contributed by atoms with van der Waals surface area (Å²) in [7, 11) is -2.79. The van der Waals surface area contributed by atoms with Crippen LogP contribution in [-0.4, -0.2) is 33.0 Å². The van der Waals surface area contributed by atoms with E-state index in [1.54, 1.807) is 0 Å². The van der Waals surface area contributed by atoms with Crippen molar-refractivity contribution in [1.29, 1.82) is 0 Å². The summed E-state index contributed by atoms with van der Waals surface area (Å²) in [4.78, 5) is 0. The zero-order valence-electron chi connectivity index (χ0n) is 9.69. The van der Waals surface area contributed by atoms with Gasteiger partial charge in [-0.25, -0.2) is 8.42 Å². The van der Waals surface area contributed by atoms with E-state index >= 15 is 0 Å². The van der Waals surface area contributed by atoms with Crippen LogP contribution >= 0.6 is 0 Å². The van der Waals surface area contributed by atoms with Crippen LogP contribution in [-0.2, 0) is 9.84 Å². The molecule has 16 heavy (non-hydrogen) atoms. The van der Waals surface area contributed by atoms with Gasteiger partial charge < -0.3 is 5.32 Å². The van der Waals surface area contributed by atoms with Crippen molar-refractivity contribution in [1.82, 2.24) is 5.32 Å². The van der Waals surface area contributed by atoms with Gasteiger partial charge >= 0.3 is 0 Å². The molecule has 3 atom stereocenters. The van der Waals surface area contributed by atoms with E-state index in [1.165, 1.54) is 25.7 Å². The molecule has 0 aromatic heterocycles. The molecule has 3 nitrogen and oxygen atoms in total. The minimum atomic E-state index is -2.79. The molecule has 0 radical (unpaired) electrons. The second-order valence-corrected chi connectivity index (χ2v) is 8.19. The molecule has 3 aliphatic rings. The lowest BCUT2D eigenvalue weighted by molar-refractivity contribution is 0.354. The molecule has 2 saturated carbocycles. The molecule has 4 heteroatoms. The van der Waals surface area contributed by atoms with Gasteiger partial charge in [0.2, 0.25) is 0 Å². The van der Waals surface area contributed by atoms with Gasteiger partial charge in [0, 0.05) is 13.1 Å². The number of nitrogens with one attached hydrogen (secondary N) is 1. The highest BCUT2D eigenvalue weighted by molar-refractivity contribution is 7.91. The summed E-state index contributed by atoms with van der Waals surface area (Å²) in [5.74, 6) is 3.38. The third-order valence-electron chi connectivity index (χ3n) is 4.71. The monoisotopic (exact) mass is 243 g/mol. The normalized spacial score (nSPS) is 38.9. The minimum absolute atomic E-state index is 0.392. The van der Waals surface area contributed by atoms with Crippen LogP contribution in [0.2, 0.25) is 0 Å². The van der Waals surface area contributed by atoms with Crippen LogP contribution < -0.4 is 5.32 Å². The molecule has 1 saturated heterocycles. The molecule has 0 amide bonds. The first-order valence-corrected chi connectivity index (χ1v) is 8.35. The smallest absolute Gasteiger partial charge is 0.150 e. The molecule has 1 N–H and O–H groups in total. The molecular weight excluding hydrogens is 222 g/mol. The van der Waals surface area contributed by atoms with E-state index in [0.717, 1.165) is 24.9 Å². The van der Waals surface area contributed by atoms with E-state index in [1.807, 2.05) is 0 Å². The van der Waals surface area contributed by atoms with Gasteiger partial charge in [0.1, 0.15) is 0 Å². The van der Waals surface area contributed by atoms with Crippen LogP contribution in [0.3, 0.4) is 0 Å². The van der Waals surface area contributed by atoms with Gasteiger partial charge in [0.25, 0.3) is 0 Å². The van der Waals surface area contributed by atoms with Crippen LogP contribution in [0.5, 0.6) is 0 Å². The lowest BCUT2D eigenvalue weighted by atomic mass is 9.90. The second-order valence-electron chi connectivity index (χ2n) is 6.04. The van der Waals surface area contributed by atoms with Crippen molar-refractivity contribution in [2.24, 2.45) is 23.7 Å². The lowest BCUT2D eigenvalue weighted by Crippen LogP contribution is -2.46. The minimum Gasteiger partial charge on any atom is -0.316 e. The Kier molecular flexibility index (Phi) is 2.75. The van der Waals surface area contributed by atoms with Crippen molar-refractivity contribution >= 4 is 9.84 Å². The molecule has 3 fully saturated rings. The van der Waals surface area contributed by atoms with Gasteiger partial charge in [-0.15, -0.1) is 0 Å². The van der Waals surface area contributed by atoms with E-state index in [9.17, 15) is 8.42 Å². The molecule has 2 aliphatic carbocycles. The van der Waals surface area contributed by atoms with Gasteiger partial charge in [-0.3, -0.25) is 0 Å². The van der Waals surface area contributed by atoms with Gasteiger partial charge in [0.05, 0.1) is 11.5 Å². The second kappa shape index (κ2) is 3.98. The van der Waals surface area contributed by atoms with Crippen LogP contribution in [0.25, 0.3) is 0 Å². The Balaban J connectivity index is 1.57. The van der Waals surface area contributed by atoms with Crippen LogP contribution in [0.1, 0.15) is 25.7 Å². The van der Waals surface area contributed by atoms with Crippen molar-refractivity contribution in [3.05, 3.63) is 0 Å². The lowest BCUT2D eigenvalue weighted by Gasteiger charge is -2.28. The van der Waals surface area contributed by atoms with Crippen LogP contribution in [0, 0.1) is 23.7 Å². The summed E-state index contributed by atoms with van der Waals surface area (Å²) in [5.41, 5.74) is 0. The third kappa shape index (κ3) is 2.14. The molecule has 3 rings (SSSR count). The molecular formula is C12H21NO2S. The average molecular weight is 243 g/mol. The number of hydrogen-bond donors (Lipinski definition) is 1. The van der Waals surface area contributed by atoms with Crippen molar-refractivity contribution in [3.8, 4) is 0 Å². The average Bonchev–Trinajstić information content (AvgIpc) is 2.72. The molecule has 2 bridgehead atoms. The van der Waals surface area contributed by atoms with Crippen molar-refractivity contribution in [2.45, 2.75) is 25.7 Å². The summed E-state index contributed by atoms with van der Waals surface area (Å²) < 4.78 is 24.1. The Labute approximate surface area is 97.9 Å². The molecule has 0 aromatic rings. The summed E-state index contributed by atoms with van der Waals surface area (Å²) in [6.45, 7) is 1.80. The largest absolute Gasteiger partial charge is 0.316 e. The van der Waals surface area contributed by atoms with Gasteiger partial charge in [-0.05, 0) is 42.9 Å². The Morgan fingerprint density at radius 1 is 1.06 bits per heavy atom. The predicted octanol–water partition coefficient (Wildman–Crippen LogP) is 1.06. The SMILES string of the molecule is O=S(=O)(CC1CNC1)CC1CC2CCC1C2. The van der Waals surface area contributed by atoms with Gasteiger partial charge in [-0.1, -0.05) is 6.42 Å². The van der Waals surface area contributed by atoms with E-state index in [0.29, 0.717) is 23.3 Å². The maximum atomic E-state index is 12.0. The Morgan fingerprint density at radius 2 is 1.88 bits per heavy atom. The van der Waals surface area contributed by atoms with E-state index in [4.69, 9.17) is 0 Å². The van der Waals surface area contributed by atoms with Gasteiger partial charge in [-0.2, -0.15) is 0 Å². The first-order chi connectivity index (χ1) is 7.62. The molecule has 0 spiro atoms. The number of rotatable bonds is 4. The zero-order valence-corrected chi connectivity index (χ0v) is 10.5. The van der Waals surface area contributed by atoms with Gasteiger partial charge in [0.15, 0.2) is 9.84 Å². The van der Waals surface area contributed by atoms with Crippen LogP contribution in [0.4, 0.5) is 0 Å². The summed E-state index contributed by atoms with van der Waals surface area (Å²) in [6.07, 6.45) is 5.14. The van der Waals surface area contributed by atoms with E-state index < -0.39 is 9.84 Å². The quantitative estimate of drug-likeness (QED) is 0.803. The Bertz CT molecular complexity index is 361. The van der Waals surface area contributed by atoms with Crippen LogP contribution in [0.15, 0.2) is 0 Å². The molecule has 0 aromatic carbocycles. The van der Waals surface area contributed by atoms with Crippen molar-refractivity contribution in [2.75, 3.05) is 24.6 Å². The molecule has 1 heterocycles. The maximum absolute atomic E-state index is 12.0. The third-order valence-corrected chi connectivity index (χ3v) is 6.62.